The zero-order valence-electron chi connectivity index (χ0n) is 12.7. The first kappa shape index (κ1) is 17.2. The molecule has 1 saturated carbocycles. The molecule has 0 radical (unpaired) electrons. The smallest absolute Gasteiger partial charge is 0.226 e. The lowest BCUT2D eigenvalue weighted by Crippen LogP contribution is -2.38. The van der Waals surface area contributed by atoms with E-state index in [1.807, 2.05) is 11.0 Å². The number of nitrogens with two attached hydrogens (primary N) is 1. The Kier molecular flexibility index (Phi) is 5.81. The fraction of sp³-hybridized carbons (Fsp3) is 0.588. The molecule has 0 spiro atoms. The van der Waals surface area contributed by atoms with Gasteiger partial charge in [0.05, 0.1) is 6.04 Å². The maximum atomic E-state index is 13.4. The number of carbonyl (C=O) groups excluding carboxylic acids is 1. The van der Waals surface area contributed by atoms with Gasteiger partial charge in [-0.15, -0.1) is 12.4 Å². The molecule has 1 saturated heterocycles. The van der Waals surface area contributed by atoms with E-state index >= 15 is 0 Å². The molecule has 3 atom stereocenters. The minimum absolute atomic E-state index is 0. The third-order valence-electron chi connectivity index (χ3n) is 5.05. The van der Waals surface area contributed by atoms with Gasteiger partial charge in [0.15, 0.2) is 0 Å². The van der Waals surface area contributed by atoms with Crippen LogP contribution in [0.4, 0.5) is 4.39 Å². The molecule has 2 aliphatic rings. The van der Waals surface area contributed by atoms with Crippen molar-refractivity contribution in [3.63, 3.8) is 0 Å². The number of halogens is 2. The van der Waals surface area contributed by atoms with Crippen molar-refractivity contribution < 1.29 is 9.18 Å². The number of hydrogen-bond acceptors (Lipinski definition) is 2. The van der Waals surface area contributed by atoms with Gasteiger partial charge >= 0.3 is 0 Å². The average Bonchev–Trinajstić information content (AvgIpc) is 3.15. The van der Waals surface area contributed by atoms with Gasteiger partial charge in [-0.1, -0.05) is 18.6 Å². The number of likely N-dealkylation sites (tertiary alicyclic amines) is 1. The molecule has 0 bridgehead atoms. The predicted octanol–water partition coefficient (Wildman–Crippen LogP) is 3.29. The summed E-state index contributed by atoms with van der Waals surface area (Å²) >= 11 is 0. The lowest BCUT2D eigenvalue weighted by Gasteiger charge is -2.29. The second-order valence-electron chi connectivity index (χ2n) is 6.28. The molecule has 3 nitrogen and oxygen atoms in total. The van der Waals surface area contributed by atoms with Crippen molar-refractivity contribution in [1.29, 1.82) is 0 Å². The van der Waals surface area contributed by atoms with Crippen molar-refractivity contribution in [2.75, 3.05) is 13.1 Å². The highest BCUT2D eigenvalue weighted by Gasteiger charge is 2.39. The lowest BCUT2D eigenvalue weighted by atomic mass is 9.94. The van der Waals surface area contributed by atoms with Crippen molar-refractivity contribution >= 4 is 18.3 Å². The summed E-state index contributed by atoms with van der Waals surface area (Å²) in [5.74, 6) is 0.401. The normalized spacial score (nSPS) is 27.7. The molecule has 1 aliphatic carbocycles. The largest absolute Gasteiger partial charge is 0.335 e. The average molecular weight is 327 g/mol. The molecule has 1 aromatic rings. The maximum Gasteiger partial charge on any atom is 0.226 e. The predicted molar refractivity (Wildman–Crippen MR) is 87.2 cm³/mol. The Balaban J connectivity index is 0.00000176. The van der Waals surface area contributed by atoms with E-state index in [4.69, 9.17) is 5.73 Å². The third-order valence-corrected chi connectivity index (χ3v) is 5.05. The number of benzene rings is 1. The van der Waals surface area contributed by atoms with E-state index < -0.39 is 0 Å². The van der Waals surface area contributed by atoms with Crippen molar-refractivity contribution in [3.8, 4) is 0 Å². The van der Waals surface area contributed by atoms with Crippen LogP contribution in [0.5, 0.6) is 0 Å². The zero-order chi connectivity index (χ0) is 14.8. The van der Waals surface area contributed by atoms with Gasteiger partial charge in [0.25, 0.3) is 0 Å². The number of amides is 1. The van der Waals surface area contributed by atoms with Gasteiger partial charge in [0, 0.05) is 12.5 Å². The van der Waals surface area contributed by atoms with Crippen LogP contribution >= 0.6 is 12.4 Å². The molecule has 1 heterocycles. The van der Waals surface area contributed by atoms with Crippen LogP contribution < -0.4 is 5.73 Å². The van der Waals surface area contributed by atoms with Crippen LogP contribution in [0, 0.1) is 17.7 Å². The first-order chi connectivity index (χ1) is 10.2. The number of nitrogens with zero attached hydrogens (tertiary/aromatic N) is 1. The third kappa shape index (κ3) is 3.28. The summed E-state index contributed by atoms with van der Waals surface area (Å²) in [6.07, 6.45) is 5.03. The van der Waals surface area contributed by atoms with Crippen LogP contribution in [0.15, 0.2) is 24.3 Å². The first-order valence-corrected chi connectivity index (χ1v) is 7.96. The van der Waals surface area contributed by atoms with E-state index in [2.05, 4.69) is 0 Å². The molecule has 2 N–H and O–H groups in total. The molecule has 22 heavy (non-hydrogen) atoms. The van der Waals surface area contributed by atoms with Crippen LogP contribution in [0.3, 0.4) is 0 Å². The van der Waals surface area contributed by atoms with Crippen LogP contribution in [-0.2, 0) is 4.79 Å². The molecule has 122 valence electrons. The highest BCUT2D eigenvalue weighted by Crippen LogP contribution is 2.38. The number of carbonyl (C=O) groups is 1. The lowest BCUT2D eigenvalue weighted by molar-refractivity contribution is -0.137. The Labute approximate surface area is 137 Å². The molecule has 1 unspecified atom stereocenters. The fourth-order valence-corrected chi connectivity index (χ4v) is 3.95. The van der Waals surface area contributed by atoms with Crippen LogP contribution in [-0.4, -0.2) is 23.9 Å². The van der Waals surface area contributed by atoms with Crippen LogP contribution in [0.1, 0.15) is 43.7 Å². The van der Waals surface area contributed by atoms with Crippen molar-refractivity contribution in [1.82, 2.24) is 4.90 Å². The van der Waals surface area contributed by atoms with Gasteiger partial charge in [-0.3, -0.25) is 4.79 Å². The fourth-order valence-electron chi connectivity index (χ4n) is 3.95. The minimum atomic E-state index is -0.229. The maximum absolute atomic E-state index is 13.4. The molecule has 3 rings (SSSR count). The molecule has 1 aromatic carbocycles. The zero-order valence-corrected chi connectivity index (χ0v) is 13.5. The standard InChI is InChI=1S/C17H23FN2O.ClH/c18-14-6-1-4-12(10-14)16-8-3-9-20(16)17(21)15-7-2-5-13(15)11-19;/h1,4,6,10,13,15-16H,2-3,5,7-9,11,19H2;1H/t13-,15-,16?;/m1./s1. The summed E-state index contributed by atoms with van der Waals surface area (Å²) in [5.41, 5.74) is 6.73. The second kappa shape index (κ2) is 7.42. The van der Waals surface area contributed by atoms with E-state index in [-0.39, 0.29) is 36.1 Å². The van der Waals surface area contributed by atoms with Gasteiger partial charge in [0.2, 0.25) is 5.91 Å². The van der Waals surface area contributed by atoms with Gasteiger partial charge in [-0.25, -0.2) is 4.39 Å². The molecular weight excluding hydrogens is 303 g/mol. The van der Waals surface area contributed by atoms with Gasteiger partial charge < -0.3 is 10.6 Å². The van der Waals surface area contributed by atoms with Gasteiger partial charge in [-0.2, -0.15) is 0 Å². The highest BCUT2D eigenvalue weighted by atomic mass is 35.5. The van der Waals surface area contributed by atoms with Crippen molar-refractivity contribution in [3.05, 3.63) is 35.6 Å². The summed E-state index contributed by atoms with van der Waals surface area (Å²) in [7, 11) is 0. The number of rotatable bonds is 3. The Bertz CT molecular complexity index is 525. The highest BCUT2D eigenvalue weighted by molar-refractivity contribution is 5.85. The molecule has 0 aromatic heterocycles. The Morgan fingerprint density at radius 2 is 2.09 bits per heavy atom. The van der Waals surface area contributed by atoms with Crippen molar-refractivity contribution in [2.24, 2.45) is 17.6 Å². The van der Waals surface area contributed by atoms with E-state index in [0.717, 1.165) is 44.2 Å². The molecule has 1 aliphatic heterocycles. The quantitative estimate of drug-likeness (QED) is 0.926. The van der Waals surface area contributed by atoms with E-state index in [0.29, 0.717) is 12.5 Å². The molecule has 1 amide bonds. The Morgan fingerprint density at radius 3 is 2.82 bits per heavy atom. The minimum Gasteiger partial charge on any atom is -0.335 e. The van der Waals surface area contributed by atoms with Gasteiger partial charge in [0.1, 0.15) is 5.82 Å². The molecular formula is C17H24ClFN2O. The van der Waals surface area contributed by atoms with E-state index in [1.54, 1.807) is 12.1 Å². The van der Waals surface area contributed by atoms with Crippen molar-refractivity contribution in [2.45, 2.75) is 38.1 Å². The monoisotopic (exact) mass is 326 g/mol. The van der Waals surface area contributed by atoms with Crippen LogP contribution in [0.2, 0.25) is 0 Å². The number of hydrogen-bond donors (Lipinski definition) is 1. The summed E-state index contributed by atoms with van der Waals surface area (Å²) in [4.78, 5) is 14.8. The summed E-state index contributed by atoms with van der Waals surface area (Å²) in [6.45, 7) is 1.38. The van der Waals surface area contributed by atoms with E-state index in [1.165, 1.54) is 6.07 Å². The Morgan fingerprint density at radius 1 is 1.27 bits per heavy atom. The summed E-state index contributed by atoms with van der Waals surface area (Å²) in [5, 5.41) is 0. The first-order valence-electron chi connectivity index (χ1n) is 7.96. The topological polar surface area (TPSA) is 46.3 Å². The Hall–Kier alpha value is -1.13. The SMILES string of the molecule is Cl.NC[C@H]1CCC[C@H]1C(=O)N1CCCC1c1cccc(F)c1. The summed E-state index contributed by atoms with van der Waals surface area (Å²) < 4.78 is 13.4. The molecule has 2 fully saturated rings. The second-order valence-corrected chi connectivity index (χ2v) is 6.28. The summed E-state index contributed by atoms with van der Waals surface area (Å²) in [6, 6.07) is 6.70. The van der Waals surface area contributed by atoms with E-state index in [9.17, 15) is 9.18 Å². The van der Waals surface area contributed by atoms with Gasteiger partial charge in [-0.05, 0) is 55.8 Å². The molecule has 5 heteroatoms. The van der Waals surface area contributed by atoms with Crippen LogP contribution in [0.25, 0.3) is 0 Å².